The summed E-state index contributed by atoms with van der Waals surface area (Å²) in [6.07, 6.45) is 0. The predicted molar refractivity (Wildman–Crippen MR) is 107 cm³/mol. The van der Waals surface area contributed by atoms with Gasteiger partial charge in [-0.1, -0.05) is 15.9 Å². The first-order chi connectivity index (χ1) is 9.38. The van der Waals surface area contributed by atoms with E-state index in [0.717, 1.165) is 10.7 Å². The summed E-state index contributed by atoms with van der Waals surface area (Å²) in [4.78, 5) is 12.2. The summed E-state index contributed by atoms with van der Waals surface area (Å²) >= 11 is 9.69. The van der Waals surface area contributed by atoms with Crippen LogP contribution < -0.4 is 5.32 Å². The molecule has 0 aliphatic carbocycles. The molecule has 2 aromatic rings. The van der Waals surface area contributed by atoms with E-state index in [-0.39, 0.29) is 5.56 Å². The number of benzene rings is 2. The van der Waals surface area contributed by atoms with Gasteiger partial charge in [0.1, 0.15) is 5.82 Å². The summed E-state index contributed by atoms with van der Waals surface area (Å²) in [5.74, 6) is -1.00. The number of hydrogen-bond donors (Lipinski definition) is 1. The molecule has 0 heterocycles. The Morgan fingerprint density at radius 2 is 1.70 bits per heavy atom. The number of carbonyl (C=O) groups excluding carboxylic acids is 1. The van der Waals surface area contributed by atoms with Crippen LogP contribution in [-0.2, 0) is 0 Å². The Hall–Kier alpha value is 0.510. The summed E-state index contributed by atoms with van der Waals surface area (Å²) in [7, 11) is 0. The second-order valence-electron chi connectivity index (χ2n) is 3.82. The number of rotatable bonds is 2. The molecule has 1 amide bonds. The van der Waals surface area contributed by atoms with Gasteiger partial charge in [-0.05, 0) is 98.1 Å². The molecule has 0 fully saturated rings. The second-order valence-corrected chi connectivity index (χ2v) is 8.31. The van der Waals surface area contributed by atoms with Gasteiger partial charge in [0.25, 0.3) is 5.91 Å². The first kappa shape index (κ1) is 16.9. The molecule has 0 radical (unpaired) electrons. The third kappa shape index (κ3) is 4.03. The molecule has 0 spiro atoms. The first-order valence-electron chi connectivity index (χ1n) is 5.29. The Balaban J connectivity index is 2.33. The van der Waals surface area contributed by atoms with Crippen molar-refractivity contribution in [2.45, 2.75) is 0 Å². The normalized spacial score (nSPS) is 10.4. The van der Waals surface area contributed by atoms with Crippen LogP contribution in [0.15, 0.2) is 34.8 Å². The molecule has 0 saturated heterocycles. The van der Waals surface area contributed by atoms with Crippen LogP contribution in [0.3, 0.4) is 0 Å². The van der Waals surface area contributed by atoms with Crippen molar-refractivity contribution >= 4 is 95.3 Å². The van der Waals surface area contributed by atoms with Crippen LogP contribution in [0, 0.1) is 16.5 Å². The standard InChI is InChI=1S/C13H6BrFI3NO/c14-6-1-2-8(9(15)3-6)13(20)19-12-10(17)4-7(16)5-11(12)18/h1-5H,(H,19,20). The number of carbonyl (C=O) groups is 1. The number of halogens is 5. The highest BCUT2D eigenvalue weighted by Gasteiger charge is 2.15. The summed E-state index contributed by atoms with van der Waals surface area (Å²) in [5.41, 5.74) is 0.734. The highest BCUT2D eigenvalue weighted by Crippen LogP contribution is 2.28. The van der Waals surface area contributed by atoms with Crippen LogP contribution in [0.2, 0.25) is 0 Å². The van der Waals surface area contributed by atoms with Crippen LogP contribution in [0.25, 0.3) is 0 Å². The first-order valence-corrected chi connectivity index (χ1v) is 9.32. The average Bonchev–Trinajstić information content (AvgIpc) is 2.33. The molecule has 2 rings (SSSR count). The molecule has 0 bridgehead atoms. The monoisotopic (exact) mass is 671 g/mol. The van der Waals surface area contributed by atoms with E-state index in [1.165, 1.54) is 12.1 Å². The molecular formula is C13H6BrFI3NO. The summed E-state index contributed by atoms with van der Waals surface area (Å²) in [5, 5.41) is 2.77. The van der Waals surface area contributed by atoms with Crippen molar-refractivity contribution in [3.05, 3.63) is 56.9 Å². The number of hydrogen-bond acceptors (Lipinski definition) is 1. The zero-order valence-corrected chi connectivity index (χ0v) is 17.7. The van der Waals surface area contributed by atoms with Gasteiger partial charge in [-0.3, -0.25) is 4.79 Å². The van der Waals surface area contributed by atoms with Gasteiger partial charge in [0.2, 0.25) is 0 Å². The lowest BCUT2D eigenvalue weighted by molar-refractivity contribution is 0.102. The molecule has 20 heavy (non-hydrogen) atoms. The van der Waals surface area contributed by atoms with Gasteiger partial charge in [-0.15, -0.1) is 0 Å². The van der Waals surface area contributed by atoms with Gasteiger partial charge < -0.3 is 5.32 Å². The topological polar surface area (TPSA) is 29.1 Å². The van der Waals surface area contributed by atoms with Crippen LogP contribution in [0.4, 0.5) is 10.1 Å². The summed E-state index contributed by atoms with van der Waals surface area (Å²) in [6, 6.07) is 8.29. The van der Waals surface area contributed by atoms with Gasteiger partial charge in [-0.2, -0.15) is 0 Å². The quantitative estimate of drug-likeness (QED) is 0.411. The van der Waals surface area contributed by atoms with Crippen molar-refractivity contribution in [1.29, 1.82) is 0 Å². The van der Waals surface area contributed by atoms with Crippen molar-refractivity contribution in [3.8, 4) is 0 Å². The molecule has 2 nitrogen and oxygen atoms in total. The van der Waals surface area contributed by atoms with E-state index in [1.807, 2.05) is 12.1 Å². The van der Waals surface area contributed by atoms with Crippen molar-refractivity contribution in [2.24, 2.45) is 0 Å². The Bertz CT molecular complexity index is 670. The Labute approximate surface area is 164 Å². The number of nitrogens with one attached hydrogen (secondary N) is 1. The summed E-state index contributed by atoms with van der Waals surface area (Å²) < 4.78 is 17.3. The Morgan fingerprint density at radius 1 is 1.10 bits per heavy atom. The zero-order valence-electron chi connectivity index (χ0n) is 9.68. The molecule has 0 saturated carbocycles. The largest absolute Gasteiger partial charge is 0.320 e. The predicted octanol–water partition coefficient (Wildman–Crippen LogP) is 5.65. The Morgan fingerprint density at radius 3 is 2.25 bits per heavy atom. The molecule has 104 valence electrons. The highest BCUT2D eigenvalue weighted by molar-refractivity contribution is 14.1. The van der Waals surface area contributed by atoms with Gasteiger partial charge >= 0.3 is 0 Å². The molecule has 0 aliphatic heterocycles. The molecule has 0 aliphatic rings. The fraction of sp³-hybridized carbons (Fsp3) is 0. The molecule has 2 aromatic carbocycles. The SMILES string of the molecule is O=C(Nc1c(I)cc(I)cc1I)c1ccc(Br)cc1F. The molecule has 7 heteroatoms. The number of amides is 1. The van der Waals surface area contributed by atoms with Gasteiger partial charge in [-0.25, -0.2) is 4.39 Å². The minimum Gasteiger partial charge on any atom is -0.320 e. The van der Waals surface area contributed by atoms with Crippen LogP contribution in [0.5, 0.6) is 0 Å². The average molecular weight is 672 g/mol. The second kappa shape index (κ2) is 7.18. The maximum atomic E-state index is 13.8. The fourth-order valence-corrected chi connectivity index (χ4v) is 5.70. The lowest BCUT2D eigenvalue weighted by Gasteiger charge is -2.11. The van der Waals surface area contributed by atoms with E-state index in [9.17, 15) is 9.18 Å². The van der Waals surface area contributed by atoms with Gasteiger partial charge in [0, 0.05) is 15.2 Å². The minimum absolute atomic E-state index is 0.0263. The lowest BCUT2D eigenvalue weighted by atomic mass is 10.2. The highest BCUT2D eigenvalue weighted by atomic mass is 127. The molecule has 0 unspecified atom stereocenters. The molecule has 0 atom stereocenters. The van der Waals surface area contributed by atoms with E-state index in [2.05, 4.69) is 89.0 Å². The molecule has 1 N–H and O–H groups in total. The number of anilines is 1. The summed E-state index contributed by atoms with van der Waals surface area (Å²) in [6.45, 7) is 0. The smallest absolute Gasteiger partial charge is 0.258 e. The van der Waals surface area contributed by atoms with Crippen LogP contribution in [-0.4, -0.2) is 5.91 Å². The third-order valence-corrected chi connectivity index (χ3v) is 5.24. The third-order valence-electron chi connectivity index (χ3n) is 2.42. The minimum atomic E-state index is -0.549. The maximum absolute atomic E-state index is 13.8. The Kier molecular flexibility index (Phi) is 6.06. The van der Waals surface area contributed by atoms with Crippen LogP contribution >= 0.6 is 83.7 Å². The molecule has 0 aromatic heterocycles. The zero-order chi connectivity index (χ0) is 14.9. The van der Waals surface area contributed by atoms with Crippen LogP contribution in [0.1, 0.15) is 10.4 Å². The maximum Gasteiger partial charge on any atom is 0.258 e. The van der Waals surface area contributed by atoms with Crippen molar-refractivity contribution in [2.75, 3.05) is 5.32 Å². The van der Waals surface area contributed by atoms with Gasteiger partial charge in [0.15, 0.2) is 0 Å². The van der Waals surface area contributed by atoms with E-state index in [1.54, 1.807) is 6.07 Å². The van der Waals surface area contributed by atoms with E-state index in [0.29, 0.717) is 10.2 Å². The van der Waals surface area contributed by atoms with E-state index in [4.69, 9.17) is 0 Å². The van der Waals surface area contributed by atoms with Gasteiger partial charge in [0.05, 0.1) is 11.3 Å². The fourth-order valence-electron chi connectivity index (χ4n) is 1.52. The lowest BCUT2D eigenvalue weighted by Crippen LogP contribution is -2.15. The molecular weight excluding hydrogens is 666 g/mol. The van der Waals surface area contributed by atoms with E-state index < -0.39 is 11.7 Å². The van der Waals surface area contributed by atoms with E-state index >= 15 is 0 Å². The van der Waals surface area contributed by atoms with Crippen molar-refractivity contribution < 1.29 is 9.18 Å². The van der Waals surface area contributed by atoms with Crippen molar-refractivity contribution in [1.82, 2.24) is 0 Å². The van der Waals surface area contributed by atoms with Crippen molar-refractivity contribution in [3.63, 3.8) is 0 Å².